The molecule has 2 unspecified atom stereocenters. The molecule has 0 radical (unpaired) electrons. The van der Waals surface area contributed by atoms with E-state index in [9.17, 15) is 0 Å². The van der Waals surface area contributed by atoms with Crippen molar-refractivity contribution in [2.75, 3.05) is 32.7 Å². The normalized spacial score (nSPS) is 35.6. The molecule has 0 saturated carbocycles. The van der Waals surface area contributed by atoms with Crippen LogP contribution in [0.2, 0.25) is 0 Å². The quantitative estimate of drug-likeness (QED) is 0.738. The van der Waals surface area contributed by atoms with E-state index in [1.54, 1.807) is 0 Å². The average molecular weight is 211 g/mol. The summed E-state index contributed by atoms with van der Waals surface area (Å²) in [4.78, 5) is 5.23. The van der Waals surface area contributed by atoms with Crippen LogP contribution >= 0.6 is 0 Å². The topological polar surface area (TPSA) is 18.5 Å². The van der Waals surface area contributed by atoms with Crippen molar-refractivity contribution < 1.29 is 0 Å². The zero-order valence-corrected chi connectivity index (χ0v) is 10.2. The van der Waals surface area contributed by atoms with E-state index in [2.05, 4.69) is 29.0 Å². The summed E-state index contributed by atoms with van der Waals surface area (Å²) in [5, 5.41) is 3.65. The van der Waals surface area contributed by atoms with Crippen molar-refractivity contribution in [1.82, 2.24) is 15.1 Å². The molecule has 1 N–H and O–H groups in total. The van der Waals surface area contributed by atoms with Crippen molar-refractivity contribution in [3.05, 3.63) is 0 Å². The maximum Gasteiger partial charge on any atom is 0.0598 e. The molecule has 0 aliphatic carbocycles. The molecule has 3 heteroatoms. The first-order valence-corrected chi connectivity index (χ1v) is 6.52. The minimum Gasteiger partial charge on any atom is -0.302 e. The number of piperidine rings is 1. The van der Waals surface area contributed by atoms with E-state index in [0.29, 0.717) is 6.17 Å². The van der Waals surface area contributed by atoms with E-state index in [-0.39, 0.29) is 0 Å². The second-order valence-corrected chi connectivity index (χ2v) is 4.94. The summed E-state index contributed by atoms with van der Waals surface area (Å²) in [7, 11) is 0. The predicted molar refractivity (Wildman–Crippen MR) is 63.9 cm³/mol. The summed E-state index contributed by atoms with van der Waals surface area (Å²) >= 11 is 0. The molecule has 0 spiro atoms. The molecule has 2 atom stereocenters. The molecular weight excluding hydrogens is 186 g/mol. The highest BCUT2D eigenvalue weighted by Crippen LogP contribution is 2.16. The highest BCUT2D eigenvalue weighted by atomic mass is 15.3. The molecule has 3 nitrogen and oxygen atoms in total. The lowest BCUT2D eigenvalue weighted by molar-refractivity contribution is 0.0380. The van der Waals surface area contributed by atoms with E-state index >= 15 is 0 Å². The number of nitrogens with zero attached hydrogens (tertiary/aromatic N) is 2. The van der Waals surface area contributed by atoms with Crippen LogP contribution < -0.4 is 5.32 Å². The van der Waals surface area contributed by atoms with Gasteiger partial charge in [0.05, 0.1) is 6.17 Å². The molecule has 2 saturated heterocycles. The fourth-order valence-corrected chi connectivity index (χ4v) is 2.92. The number of likely N-dealkylation sites (N-methyl/N-ethyl adjacent to an activating group) is 1. The first-order valence-electron chi connectivity index (χ1n) is 6.52. The summed E-state index contributed by atoms with van der Waals surface area (Å²) in [5.41, 5.74) is 0. The number of hydrogen-bond acceptors (Lipinski definition) is 3. The Morgan fingerprint density at radius 2 is 2.13 bits per heavy atom. The highest BCUT2D eigenvalue weighted by Gasteiger charge is 2.27. The number of nitrogens with one attached hydrogen (secondary N) is 1. The number of piperazine rings is 1. The molecule has 2 aliphatic heterocycles. The predicted octanol–water partition coefficient (Wildman–Crippen LogP) is 1.11. The monoisotopic (exact) mass is 211 g/mol. The van der Waals surface area contributed by atoms with Crippen LogP contribution in [0.3, 0.4) is 0 Å². The Kier molecular flexibility index (Phi) is 4.00. The molecule has 0 amide bonds. The lowest BCUT2D eigenvalue weighted by Gasteiger charge is -2.44. The maximum absolute atomic E-state index is 3.65. The lowest BCUT2D eigenvalue weighted by atomic mass is 10.1. The van der Waals surface area contributed by atoms with Gasteiger partial charge >= 0.3 is 0 Å². The molecule has 2 fully saturated rings. The summed E-state index contributed by atoms with van der Waals surface area (Å²) in [6.45, 7) is 10.8. The van der Waals surface area contributed by atoms with E-state index < -0.39 is 0 Å². The van der Waals surface area contributed by atoms with Crippen LogP contribution in [-0.4, -0.2) is 54.7 Å². The second kappa shape index (κ2) is 5.28. The largest absolute Gasteiger partial charge is 0.302 e. The molecular formula is C12H25N3. The molecule has 2 aliphatic rings. The van der Waals surface area contributed by atoms with Crippen molar-refractivity contribution in [2.45, 2.75) is 45.3 Å². The summed E-state index contributed by atoms with van der Waals surface area (Å²) < 4.78 is 0. The molecule has 2 heterocycles. The molecule has 88 valence electrons. The van der Waals surface area contributed by atoms with E-state index in [0.717, 1.165) is 6.04 Å². The van der Waals surface area contributed by atoms with Crippen LogP contribution in [-0.2, 0) is 0 Å². The van der Waals surface area contributed by atoms with Gasteiger partial charge in [0.25, 0.3) is 0 Å². The Labute approximate surface area is 93.8 Å². The summed E-state index contributed by atoms with van der Waals surface area (Å²) in [6.07, 6.45) is 4.78. The van der Waals surface area contributed by atoms with Gasteiger partial charge in [-0.2, -0.15) is 0 Å². The first kappa shape index (κ1) is 11.4. The summed E-state index contributed by atoms with van der Waals surface area (Å²) in [5.74, 6) is 0. The molecule has 0 aromatic rings. The summed E-state index contributed by atoms with van der Waals surface area (Å²) in [6, 6.07) is 0.729. The molecule has 2 rings (SSSR count). The Morgan fingerprint density at radius 1 is 1.27 bits per heavy atom. The van der Waals surface area contributed by atoms with Gasteiger partial charge in [-0.3, -0.25) is 9.80 Å². The van der Waals surface area contributed by atoms with Crippen LogP contribution in [0.4, 0.5) is 0 Å². The lowest BCUT2D eigenvalue weighted by Crippen LogP contribution is -2.58. The zero-order valence-electron chi connectivity index (χ0n) is 10.2. The van der Waals surface area contributed by atoms with Crippen LogP contribution in [0.1, 0.15) is 33.1 Å². The van der Waals surface area contributed by atoms with Gasteiger partial charge in [-0.15, -0.1) is 0 Å². The van der Waals surface area contributed by atoms with E-state index in [4.69, 9.17) is 0 Å². The SMILES string of the molecule is CCN1CCN(C2CCCCN2)CC1C. The highest BCUT2D eigenvalue weighted by molar-refractivity contribution is 4.83. The van der Waals surface area contributed by atoms with Gasteiger partial charge in [-0.1, -0.05) is 6.92 Å². The van der Waals surface area contributed by atoms with Crippen molar-refractivity contribution in [2.24, 2.45) is 0 Å². The third kappa shape index (κ3) is 2.71. The van der Waals surface area contributed by atoms with Gasteiger partial charge in [0.15, 0.2) is 0 Å². The first-order chi connectivity index (χ1) is 7.31. The Morgan fingerprint density at radius 3 is 2.73 bits per heavy atom. The standard InChI is InChI=1S/C12H25N3/c1-3-14-8-9-15(10-11(14)2)12-6-4-5-7-13-12/h11-13H,3-10H2,1-2H3. The molecule has 0 bridgehead atoms. The number of rotatable bonds is 2. The van der Waals surface area contributed by atoms with Crippen molar-refractivity contribution in [3.8, 4) is 0 Å². The van der Waals surface area contributed by atoms with Crippen LogP contribution in [0.25, 0.3) is 0 Å². The smallest absolute Gasteiger partial charge is 0.0598 e. The van der Waals surface area contributed by atoms with Gasteiger partial charge in [-0.05, 0) is 39.3 Å². The minimum atomic E-state index is 0.667. The van der Waals surface area contributed by atoms with E-state index in [1.165, 1.54) is 52.0 Å². The van der Waals surface area contributed by atoms with Crippen molar-refractivity contribution in [1.29, 1.82) is 0 Å². The third-order valence-corrected chi connectivity index (χ3v) is 3.93. The fourth-order valence-electron chi connectivity index (χ4n) is 2.92. The van der Waals surface area contributed by atoms with Gasteiger partial charge in [0, 0.05) is 25.7 Å². The molecule has 15 heavy (non-hydrogen) atoms. The third-order valence-electron chi connectivity index (χ3n) is 3.93. The van der Waals surface area contributed by atoms with Crippen LogP contribution in [0.15, 0.2) is 0 Å². The molecule has 0 aromatic carbocycles. The van der Waals surface area contributed by atoms with Crippen LogP contribution in [0, 0.1) is 0 Å². The van der Waals surface area contributed by atoms with Crippen molar-refractivity contribution >= 4 is 0 Å². The number of hydrogen-bond donors (Lipinski definition) is 1. The zero-order chi connectivity index (χ0) is 10.7. The fraction of sp³-hybridized carbons (Fsp3) is 1.00. The Balaban J connectivity index is 1.84. The Hall–Kier alpha value is -0.120. The molecule has 0 aromatic heterocycles. The maximum atomic E-state index is 3.65. The van der Waals surface area contributed by atoms with Gasteiger partial charge in [-0.25, -0.2) is 0 Å². The second-order valence-electron chi connectivity index (χ2n) is 4.94. The Bertz CT molecular complexity index is 189. The van der Waals surface area contributed by atoms with Gasteiger partial charge in [0.1, 0.15) is 0 Å². The van der Waals surface area contributed by atoms with Crippen LogP contribution in [0.5, 0.6) is 0 Å². The van der Waals surface area contributed by atoms with Gasteiger partial charge < -0.3 is 5.32 Å². The van der Waals surface area contributed by atoms with E-state index in [1.807, 2.05) is 0 Å². The van der Waals surface area contributed by atoms with Crippen molar-refractivity contribution in [3.63, 3.8) is 0 Å². The van der Waals surface area contributed by atoms with Gasteiger partial charge in [0.2, 0.25) is 0 Å². The minimum absolute atomic E-state index is 0.667. The average Bonchev–Trinajstić information content (AvgIpc) is 2.30.